The molecule has 2 saturated heterocycles. The van der Waals surface area contributed by atoms with Crippen LogP contribution in [0.3, 0.4) is 0 Å². The fraction of sp³-hybridized carbons (Fsp3) is 0.714. The third-order valence-electron chi connectivity index (χ3n) is 3.96. The van der Waals surface area contributed by atoms with E-state index < -0.39 is 29.1 Å². The maximum absolute atomic E-state index is 11.4. The summed E-state index contributed by atoms with van der Waals surface area (Å²) < 4.78 is 5.01. The highest BCUT2D eigenvalue weighted by Gasteiger charge is 2.52. The summed E-state index contributed by atoms with van der Waals surface area (Å²) in [7, 11) is 0. The van der Waals surface area contributed by atoms with Gasteiger partial charge in [0.1, 0.15) is 11.8 Å². The van der Waals surface area contributed by atoms with Gasteiger partial charge in [-0.15, -0.1) is 0 Å². The van der Waals surface area contributed by atoms with E-state index in [4.69, 9.17) is 15.3 Å². The smallest absolute Gasteiger partial charge is 0.244 e. The lowest BCUT2D eigenvalue weighted by Crippen LogP contribution is -2.56. The van der Waals surface area contributed by atoms with E-state index in [1.54, 1.807) is 13.8 Å². The van der Waals surface area contributed by atoms with Crippen LogP contribution in [-0.2, 0) is 14.3 Å². The summed E-state index contributed by atoms with van der Waals surface area (Å²) in [5.41, 5.74) is -0.886. The molecule has 0 spiro atoms. The van der Waals surface area contributed by atoms with Crippen molar-refractivity contribution in [2.24, 2.45) is 17.3 Å². The molecule has 2 amide bonds. The lowest BCUT2D eigenvalue weighted by molar-refractivity contribution is -0.144. The average molecular weight is 292 g/mol. The number of hydrogen-bond acceptors (Lipinski definition) is 6. The monoisotopic (exact) mass is 292 g/mol. The number of carbonyl (C=O) groups excluding carboxylic acids is 2. The Morgan fingerprint density at radius 1 is 1.19 bits per heavy atom. The van der Waals surface area contributed by atoms with E-state index in [0.29, 0.717) is 6.42 Å². The van der Waals surface area contributed by atoms with Crippen LogP contribution in [0.5, 0.6) is 0 Å². The quantitative estimate of drug-likeness (QED) is 0.654. The maximum atomic E-state index is 11.4. The van der Waals surface area contributed by atoms with Crippen molar-refractivity contribution in [1.29, 1.82) is 10.5 Å². The molecule has 21 heavy (non-hydrogen) atoms. The Labute approximate surface area is 124 Å². The van der Waals surface area contributed by atoms with Crippen molar-refractivity contribution in [3.05, 3.63) is 0 Å². The number of amides is 2. The van der Waals surface area contributed by atoms with Gasteiger partial charge in [0.05, 0.1) is 25.4 Å². The summed E-state index contributed by atoms with van der Waals surface area (Å²) in [6.07, 6.45) is 0.433. The number of nitriles is 2. The van der Waals surface area contributed by atoms with Crippen molar-refractivity contribution in [3.8, 4) is 12.1 Å². The molecule has 0 aromatic rings. The van der Waals surface area contributed by atoms with Gasteiger partial charge in [-0.3, -0.25) is 14.9 Å². The Morgan fingerprint density at radius 2 is 1.67 bits per heavy atom. The number of nitrogens with zero attached hydrogens (tertiary/aromatic N) is 2. The normalized spacial score (nSPS) is 32.0. The fourth-order valence-corrected chi connectivity index (χ4v) is 2.37. The van der Waals surface area contributed by atoms with Gasteiger partial charge >= 0.3 is 0 Å². The number of morpholine rings is 1. The molecule has 0 aromatic carbocycles. The van der Waals surface area contributed by atoms with Crippen LogP contribution in [-0.4, -0.2) is 38.1 Å². The lowest BCUT2D eigenvalue weighted by Gasteiger charge is -2.38. The van der Waals surface area contributed by atoms with Crippen LogP contribution in [0.15, 0.2) is 0 Å². The molecular weight excluding hydrogens is 272 g/mol. The van der Waals surface area contributed by atoms with Crippen LogP contribution in [0, 0.1) is 39.9 Å². The number of imide groups is 1. The Kier molecular flexibility index (Phi) is 6.29. The SMILES string of the molecule is C1COCCN1.CCC1(C)C(C#N)C(=O)NC(=O)C1C#N. The van der Waals surface area contributed by atoms with E-state index in [2.05, 4.69) is 5.32 Å². The summed E-state index contributed by atoms with van der Waals surface area (Å²) in [5.74, 6) is -3.08. The minimum absolute atomic E-state index is 0.433. The molecule has 0 saturated carbocycles. The first-order valence-corrected chi connectivity index (χ1v) is 6.93. The van der Waals surface area contributed by atoms with Gasteiger partial charge in [0, 0.05) is 18.5 Å². The second-order valence-corrected chi connectivity index (χ2v) is 5.20. The predicted molar refractivity (Wildman–Crippen MR) is 73.4 cm³/mol. The second kappa shape index (κ2) is 7.72. The topological polar surface area (TPSA) is 115 Å². The number of nitrogens with one attached hydrogen (secondary N) is 2. The minimum Gasteiger partial charge on any atom is -0.379 e. The highest BCUT2D eigenvalue weighted by molar-refractivity contribution is 6.03. The zero-order valence-electron chi connectivity index (χ0n) is 12.3. The molecule has 2 atom stereocenters. The Morgan fingerprint density at radius 3 is 1.90 bits per heavy atom. The van der Waals surface area contributed by atoms with Gasteiger partial charge in [0.25, 0.3) is 0 Å². The Hall–Kier alpha value is -1.96. The van der Waals surface area contributed by atoms with Gasteiger partial charge in [-0.2, -0.15) is 10.5 Å². The van der Waals surface area contributed by atoms with E-state index in [-0.39, 0.29) is 0 Å². The molecular formula is C14H20N4O3. The van der Waals surface area contributed by atoms with Crippen LogP contribution in [0.1, 0.15) is 20.3 Å². The summed E-state index contributed by atoms with van der Waals surface area (Å²) >= 11 is 0. The first kappa shape index (κ1) is 17.1. The Bertz CT molecular complexity index is 430. The van der Waals surface area contributed by atoms with Crippen LogP contribution in [0.4, 0.5) is 0 Å². The molecule has 2 aliphatic heterocycles. The van der Waals surface area contributed by atoms with E-state index >= 15 is 0 Å². The number of rotatable bonds is 1. The van der Waals surface area contributed by atoms with Crippen LogP contribution < -0.4 is 10.6 Å². The minimum atomic E-state index is -0.940. The average Bonchev–Trinajstić information content (AvgIpc) is 2.50. The van der Waals surface area contributed by atoms with Crippen molar-refractivity contribution in [3.63, 3.8) is 0 Å². The molecule has 0 aliphatic carbocycles. The van der Waals surface area contributed by atoms with Crippen LogP contribution in [0.25, 0.3) is 0 Å². The number of piperidine rings is 1. The molecule has 7 nitrogen and oxygen atoms in total. The largest absolute Gasteiger partial charge is 0.379 e. The number of carbonyl (C=O) groups is 2. The van der Waals surface area contributed by atoms with Crippen LogP contribution in [0.2, 0.25) is 0 Å². The summed E-state index contributed by atoms with van der Waals surface area (Å²) in [5, 5.41) is 23.0. The van der Waals surface area contributed by atoms with Crippen molar-refractivity contribution in [2.45, 2.75) is 20.3 Å². The highest BCUT2D eigenvalue weighted by Crippen LogP contribution is 2.41. The van der Waals surface area contributed by atoms with E-state index in [0.717, 1.165) is 26.3 Å². The Balaban J connectivity index is 0.000000304. The fourth-order valence-electron chi connectivity index (χ4n) is 2.37. The van der Waals surface area contributed by atoms with Crippen LogP contribution >= 0.6 is 0 Å². The van der Waals surface area contributed by atoms with Gasteiger partial charge < -0.3 is 10.1 Å². The number of ether oxygens (including phenoxy) is 1. The molecule has 2 heterocycles. The molecule has 114 valence electrons. The summed E-state index contributed by atoms with van der Waals surface area (Å²) in [6, 6.07) is 3.73. The van der Waals surface area contributed by atoms with Gasteiger partial charge in [0.2, 0.25) is 11.8 Å². The summed E-state index contributed by atoms with van der Waals surface area (Å²) in [6.45, 7) is 7.23. The molecule has 2 unspecified atom stereocenters. The van der Waals surface area contributed by atoms with E-state index in [9.17, 15) is 9.59 Å². The highest BCUT2D eigenvalue weighted by atomic mass is 16.5. The first-order valence-electron chi connectivity index (χ1n) is 6.93. The van der Waals surface area contributed by atoms with Crippen molar-refractivity contribution in [1.82, 2.24) is 10.6 Å². The molecule has 0 bridgehead atoms. The molecule has 7 heteroatoms. The zero-order chi connectivity index (χ0) is 15.9. The van der Waals surface area contributed by atoms with Crippen molar-refractivity contribution < 1.29 is 14.3 Å². The van der Waals surface area contributed by atoms with Crippen molar-refractivity contribution >= 4 is 11.8 Å². The molecule has 2 fully saturated rings. The third kappa shape index (κ3) is 3.78. The van der Waals surface area contributed by atoms with E-state index in [1.165, 1.54) is 0 Å². The summed E-state index contributed by atoms with van der Waals surface area (Å²) in [4.78, 5) is 22.8. The molecule has 2 N–H and O–H groups in total. The van der Waals surface area contributed by atoms with Gasteiger partial charge in [-0.05, 0) is 6.42 Å². The zero-order valence-corrected chi connectivity index (χ0v) is 12.3. The first-order chi connectivity index (χ1) is 10.0. The molecule has 2 aliphatic rings. The third-order valence-corrected chi connectivity index (χ3v) is 3.96. The van der Waals surface area contributed by atoms with E-state index in [1.807, 2.05) is 17.5 Å². The van der Waals surface area contributed by atoms with Gasteiger partial charge in [-0.1, -0.05) is 13.8 Å². The standard InChI is InChI=1S/C10H11N3O2.C4H9NO/c1-3-10(2)6(4-11)8(14)13-9(15)7(10)5-12;1-3-6-4-2-5-1/h6-7H,3H2,1-2H3,(H,13,14,15);5H,1-4H2. The van der Waals surface area contributed by atoms with Gasteiger partial charge in [0.15, 0.2) is 0 Å². The number of hydrogen-bond donors (Lipinski definition) is 2. The second-order valence-electron chi connectivity index (χ2n) is 5.20. The van der Waals surface area contributed by atoms with Gasteiger partial charge in [-0.25, -0.2) is 0 Å². The lowest BCUT2D eigenvalue weighted by atomic mass is 9.64. The molecule has 2 rings (SSSR count). The molecule has 0 aromatic heterocycles. The predicted octanol–water partition coefficient (Wildman–Crippen LogP) is -0.0551. The maximum Gasteiger partial charge on any atom is 0.244 e. The van der Waals surface area contributed by atoms with Crippen molar-refractivity contribution in [2.75, 3.05) is 26.3 Å². The molecule has 0 radical (unpaired) electrons.